The lowest BCUT2D eigenvalue weighted by molar-refractivity contribution is -0.276. The molecular formula is C25H26F7N3O7S. The van der Waals surface area contributed by atoms with Crippen LogP contribution in [0.3, 0.4) is 0 Å². The van der Waals surface area contributed by atoms with Gasteiger partial charge in [-0.05, 0) is 62.7 Å². The molecule has 0 aromatic heterocycles. The first kappa shape index (κ1) is 33.7. The van der Waals surface area contributed by atoms with Gasteiger partial charge in [-0.2, -0.15) is 4.31 Å². The molecular weight excluding hydrogens is 619 g/mol. The van der Waals surface area contributed by atoms with Gasteiger partial charge in [0, 0.05) is 26.2 Å². The normalized spacial score (nSPS) is 16.9. The summed E-state index contributed by atoms with van der Waals surface area (Å²) in [6.07, 6.45) is -11.0. The van der Waals surface area contributed by atoms with Crippen LogP contribution in [0.5, 0.6) is 11.5 Å². The Labute approximate surface area is 241 Å². The predicted octanol–water partition coefficient (Wildman–Crippen LogP) is 4.55. The van der Waals surface area contributed by atoms with E-state index in [0.29, 0.717) is 12.1 Å². The molecule has 1 N–H and O–H groups in total. The molecule has 0 radical (unpaired) electrons. The average Bonchev–Trinajstić information content (AvgIpc) is 2.86. The van der Waals surface area contributed by atoms with Gasteiger partial charge in [-0.3, -0.25) is 4.79 Å². The Bertz CT molecular complexity index is 1430. The number of rotatable bonds is 7. The van der Waals surface area contributed by atoms with Crippen molar-refractivity contribution in [2.24, 2.45) is 0 Å². The van der Waals surface area contributed by atoms with Crippen LogP contribution in [-0.2, 0) is 26.1 Å². The lowest BCUT2D eigenvalue weighted by Gasteiger charge is -2.39. The minimum Gasteiger partial charge on any atom is -0.444 e. The molecule has 1 aliphatic heterocycles. The van der Waals surface area contributed by atoms with Crippen LogP contribution < -0.4 is 14.8 Å². The molecule has 3 rings (SSSR count). The van der Waals surface area contributed by atoms with Gasteiger partial charge in [0.15, 0.2) is 11.6 Å². The van der Waals surface area contributed by atoms with Gasteiger partial charge in [-0.25, -0.2) is 17.6 Å². The topological polar surface area (TPSA) is 114 Å². The summed E-state index contributed by atoms with van der Waals surface area (Å²) in [5, 5.41) is 2.36. The van der Waals surface area contributed by atoms with Crippen molar-refractivity contribution < 1.29 is 63.0 Å². The maximum Gasteiger partial charge on any atom is 0.573 e. The first-order chi connectivity index (χ1) is 19.6. The quantitative estimate of drug-likeness (QED) is 0.440. The number of piperazine rings is 1. The molecule has 2 amide bonds. The minimum atomic E-state index is -5.14. The highest BCUT2D eigenvalue weighted by Crippen LogP contribution is 2.28. The van der Waals surface area contributed by atoms with Gasteiger partial charge in [0.2, 0.25) is 15.9 Å². The third-order valence-corrected chi connectivity index (χ3v) is 7.56. The third-order valence-electron chi connectivity index (χ3n) is 5.64. The molecule has 0 aliphatic carbocycles. The molecule has 0 spiro atoms. The molecule has 0 saturated carbocycles. The Balaban J connectivity index is 1.84. The van der Waals surface area contributed by atoms with E-state index < -0.39 is 88.2 Å². The predicted molar refractivity (Wildman–Crippen MR) is 134 cm³/mol. The molecule has 1 aliphatic rings. The summed E-state index contributed by atoms with van der Waals surface area (Å²) in [4.78, 5) is 26.5. The second-order valence-corrected chi connectivity index (χ2v) is 12.0. The fourth-order valence-corrected chi connectivity index (χ4v) is 5.45. The number of carbonyl (C=O) groups excluding carboxylic acids is 2. The van der Waals surface area contributed by atoms with Crippen LogP contribution in [0.2, 0.25) is 0 Å². The first-order valence-electron chi connectivity index (χ1n) is 12.3. The second kappa shape index (κ2) is 12.4. The zero-order valence-corrected chi connectivity index (χ0v) is 23.6. The van der Waals surface area contributed by atoms with Crippen LogP contribution in [0, 0.1) is 5.82 Å². The molecule has 0 bridgehead atoms. The molecule has 10 nitrogen and oxygen atoms in total. The van der Waals surface area contributed by atoms with Crippen LogP contribution in [0.15, 0.2) is 47.4 Å². The van der Waals surface area contributed by atoms with Crippen LogP contribution in [0.25, 0.3) is 0 Å². The lowest BCUT2D eigenvalue weighted by Crippen LogP contribution is -2.61. The third kappa shape index (κ3) is 9.60. The smallest absolute Gasteiger partial charge is 0.444 e. The monoisotopic (exact) mass is 645 g/mol. The summed E-state index contributed by atoms with van der Waals surface area (Å²) in [6.45, 7) is 3.19. The van der Waals surface area contributed by atoms with E-state index in [1.807, 2.05) is 0 Å². The maximum atomic E-state index is 14.1. The van der Waals surface area contributed by atoms with Crippen molar-refractivity contribution in [2.75, 3.05) is 19.6 Å². The number of benzene rings is 2. The van der Waals surface area contributed by atoms with Crippen molar-refractivity contribution in [3.05, 3.63) is 53.8 Å². The molecule has 2 aromatic carbocycles. The molecule has 1 heterocycles. The van der Waals surface area contributed by atoms with E-state index in [2.05, 4.69) is 14.8 Å². The highest BCUT2D eigenvalue weighted by atomic mass is 32.2. The summed E-state index contributed by atoms with van der Waals surface area (Å²) in [5.74, 6) is -4.13. The largest absolute Gasteiger partial charge is 0.573 e. The Morgan fingerprint density at radius 3 is 2.07 bits per heavy atom. The first-order valence-corrected chi connectivity index (χ1v) is 13.8. The van der Waals surface area contributed by atoms with E-state index in [-0.39, 0.29) is 12.1 Å². The van der Waals surface area contributed by atoms with Gasteiger partial charge in [0.25, 0.3) is 0 Å². The van der Waals surface area contributed by atoms with Crippen molar-refractivity contribution in [3.8, 4) is 11.5 Å². The van der Waals surface area contributed by atoms with Gasteiger partial charge in [0.1, 0.15) is 17.4 Å². The van der Waals surface area contributed by atoms with Gasteiger partial charge in [-0.1, -0.05) is 6.07 Å². The molecule has 1 unspecified atom stereocenters. The number of halogens is 7. The second-order valence-electron chi connectivity index (χ2n) is 10.1. The maximum absolute atomic E-state index is 14.1. The van der Waals surface area contributed by atoms with Crippen molar-refractivity contribution in [1.29, 1.82) is 0 Å². The summed E-state index contributed by atoms with van der Waals surface area (Å²) < 4.78 is 129. The Morgan fingerprint density at radius 1 is 0.930 bits per heavy atom. The number of ether oxygens (including phenoxy) is 3. The highest BCUT2D eigenvalue weighted by Gasteiger charge is 2.42. The molecule has 1 fully saturated rings. The molecule has 1 atom stereocenters. The van der Waals surface area contributed by atoms with Crippen molar-refractivity contribution >= 4 is 22.0 Å². The molecule has 18 heteroatoms. The summed E-state index contributed by atoms with van der Waals surface area (Å²) in [6, 6.07) is 4.05. The minimum absolute atomic E-state index is 0.00478. The SMILES string of the molecule is CC(C)(C)OC(=O)N1CCN(S(=O)(=O)c2ccc(OC(F)(F)F)cc2)C(C(=O)NCc2ccc(OC(F)(F)F)c(F)c2)C1. The van der Waals surface area contributed by atoms with Gasteiger partial charge in [-0.15, -0.1) is 26.3 Å². The average molecular weight is 646 g/mol. The van der Waals surface area contributed by atoms with Crippen molar-refractivity contribution in [2.45, 2.75) is 56.6 Å². The standard InChI is InChI=1S/C25H26F7N3O7S/c1-23(2,3)42-22(37)34-10-11-35(43(38,39)17-7-5-16(6-8-17)40-24(27,28)29)19(14-34)21(36)33-13-15-4-9-20(18(26)12-15)41-25(30,31)32/h4-9,12,19H,10-11,13-14H2,1-3H3,(H,33,36). The number of nitrogens with zero attached hydrogens (tertiary/aromatic N) is 2. The van der Waals surface area contributed by atoms with Crippen LogP contribution in [0.4, 0.5) is 35.5 Å². The van der Waals surface area contributed by atoms with Gasteiger partial charge >= 0.3 is 18.8 Å². The Kier molecular flexibility index (Phi) is 9.75. The summed E-state index contributed by atoms with van der Waals surface area (Å²) >= 11 is 0. The fraction of sp³-hybridized carbons (Fsp3) is 0.440. The van der Waals surface area contributed by atoms with E-state index in [1.165, 1.54) is 0 Å². The number of carbonyl (C=O) groups is 2. The number of alkyl halides is 6. The summed E-state index contributed by atoms with van der Waals surface area (Å²) in [7, 11) is -4.54. The molecule has 1 saturated heterocycles. The van der Waals surface area contributed by atoms with Crippen molar-refractivity contribution in [3.63, 3.8) is 0 Å². The Morgan fingerprint density at radius 2 is 1.53 bits per heavy atom. The van der Waals surface area contributed by atoms with Gasteiger partial charge < -0.3 is 24.4 Å². The zero-order valence-electron chi connectivity index (χ0n) is 22.8. The number of nitrogens with one attached hydrogen (secondary N) is 1. The Hall–Kier alpha value is -3.80. The van der Waals surface area contributed by atoms with Crippen LogP contribution >= 0.6 is 0 Å². The van der Waals surface area contributed by atoms with Crippen molar-refractivity contribution in [1.82, 2.24) is 14.5 Å². The highest BCUT2D eigenvalue weighted by molar-refractivity contribution is 7.89. The van der Waals surface area contributed by atoms with E-state index >= 15 is 0 Å². The number of hydrogen-bond donors (Lipinski definition) is 1. The van der Waals surface area contributed by atoms with E-state index in [1.54, 1.807) is 20.8 Å². The lowest BCUT2D eigenvalue weighted by atomic mass is 10.1. The fourth-order valence-electron chi connectivity index (χ4n) is 3.88. The zero-order chi connectivity index (χ0) is 32.4. The number of amides is 2. The van der Waals surface area contributed by atoms with E-state index in [4.69, 9.17) is 4.74 Å². The van der Waals surface area contributed by atoms with E-state index in [0.717, 1.165) is 39.5 Å². The molecule has 43 heavy (non-hydrogen) atoms. The molecule has 238 valence electrons. The van der Waals surface area contributed by atoms with Crippen LogP contribution in [-0.4, -0.2) is 73.6 Å². The van der Waals surface area contributed by atoms with Gasteiger partial charge in [0.05, 0.1) is 4.90 Å². The molecule has 2 aromatic rings. The number of sulfonamides is 1. The number of hydrogen-bond acceptors (Lipinski definition) is 7. The summed E-state index contributed by atoms with van der Waals surface area (Å²) in [5.41, 5.74) is -0.931. The van der Waals surface area contributed by atoms with Crippen LogP contribution in [0.1, 0.15) is 26.3 Å². The van der Waals surface area contributed by atoms with E-state index in [9.17, 15) is 48.7 Å².